The van der Waals surface area contributed by atoms with Crippen LogP contribution in [0, 0.1) is 0 Å². The Morgan fingerprint density at radius 2 is 2.17 bits per heavy atom. The van der Waals surface area contributed by atoms with Gasteiger partial charge in [0.15, 0.2) is 0 Å². The fourth-order valence-corrected chi connectivity index (χ4v) is 1.69. The summed E-state index contributed by atoms with van der Waals surface area (Å²) in [5.74, 6) is -0.107. The molecule has 2 nitrogen and oxygen atoms in total. The van der Waals surface area contributed by atoms with Gasteiger partial charge in [0.1, 0.15) is 0 Å². The summed E-state index contributed by atoms with van der Waals surface area (Å²) in [5.41, 5.74) is 0.696. The highest BCUT2D eigenvalue weighted by atomic mass is 79.9. The zero-order chi connectivity index (χ0) is 9.14. The molecule has 0 saturated heterocycles. The lowest BCUT2D eigenvalue weighted by molar-refractivity contribution is -0.114. The number of nitrogens with one attached hydrogen (secondary N) is 1. The predicted octanol–water partition coefficient (Wildman–Crippen LogP) is 3.06. The molecule has 1 amide bonds. The molecular formula is C8H7BrClNO. The number of amides is 1. The van der Waals surface area contributed by atoms with Gasteiger partial charge in [-0.05, 0) is 18.2 Å². The molecule has 0 aliphatic carbocycles. The highest BCUT2D eigenvalue weighted by Gasteiger charge is 1.98. The summed E-state index contributed by atoms with van der Waals surface area (Å²) in [6, 6.07) is 5.23. The van der Waals surface area contributed by atoms with Crippen LogP contribution in [-0.2, 0) is 4.79 Å². The Balaban J connectivity index is 2.93. The van der Waals surface area contributed by atoms with Gasteiger partial charge in [-0.3, -0.25) is 4.79 Å². The van der Waals surface area contributed by atoms with Gasteiger partial charge in [0, 0.05) is 22.1 Å². The second-order valence-electron chi connectivity index (χ2n) is 2.34. The highest BCUT2D eigenvalue weighted by molar-refractivity contribution is 9.10. The van der Waals surface area contributed by atoms with Crippen molar-refractivity contribution in [1.29, 1.82) is 0 Å². The standard InChI is InChI=1S/C8H7BrClNO/c1-5(12)11-8-3-6(9)2-7(10)4-8/h2-4H,1H3,(H,11,12). The van der Waals surface area contributed by atoms with Crippen LogP contribution < -0.4 is 5.32 Å². The molecule has 0 fully saturated rings. The molecule has 4 heteroatoms. The van der Waals surface area contributed by atoms with E-state index >= 15 is 0 Å². The lowest BCUT2D eigenvalue weighted by Gasteiger charge is -2.02. The molecule has 1 rings (SSSR count). The lowest BCUT2D eigenvalue weighted by atomic mass is 10.3. The van der Waals surface area contributed by atoms with Gasteiger partial charge in [-0.25, -0.2) is 0 Å². The fraction of sp³-hybridized carbons (Fsp3) is 0.125. The number of benzene rings is 1. The maximum Gasteiger partial charge on any atom is 0.221 e. The maximum absolute atomic E-state index is 10.7. The average molecular weight is 249 g/mol. The molecule has 0 spiro atoms. The van der Waals surface area contributed by atoms with Crippen molar-refractivity contribution < 1.29 is 4.79 Å². The third-order valence-electron chi connectivity index (χ3n) is 1.18. The van der Waals surface area contributed by atoms with Crippen LogP contribution in [-0.4, -0.2) is 5.91 Å². The number of rotatable bonds is 1. The van der Waals surface area contributed by atoms with E-state index in [1.807, 2.05) is 0 Å². The van der Waals surface area contributed by atoms with E-state index in [0.717, 1.165) is 4.47 Å². The summed E-state index contributed by atoms with van der Waals surface area (Å²) in [5, 5.41) is 3.22. The first-order valence-corrected chi connectivity index (χ1v) is 4.49. The van der Waals surface area contributed by atoms with Gasteiger partial charge in [-0.15, -0.1) is 0 Å². The fourth-order valence-electron chi connectivity index (χ4n) is 0.829. The number of hydrogen-bond acceptors (Lipinski definition) is 1. The minimum Gasteiger partial charge on any atom is -0.326 e. The van der Waals surface area contributed by atoms with Crippen LogP contribution in [0.15, 0.2) is 22.7 Å². The van der Waals surface area contributed by atoms with Crippen LogP contribution in [0.25, 0.3) is 0 Å². The summed E-state index contributed by atoms with van der Waals surface area (Å²) >= 11 is 9.02. The second kappa shape index (κ2) is 3.92. The van der Waals surface area contributed by atoms with E-state index in [1.165, 1.54) is 6.92 Å². The predicted molar refractivity (Wildman–Crippen MR) is 53.5 cm³/mol. The average Bonchev–Trinajstić information content (AvgIpc) is 1.81. The monoisotopic (exact) mass is 247 g/mol. The van der Waals surface area contributed by atoms with Crippen molar-refractivity contribution in [1.82, 2.24) is 0 Å². The molecule has 0 unspecified atom stereocenters. The Bertz CT molecular complexity index is 294. The van der Waals surface area contributed by atoms with E-state index in [4.69, 9.17) is 11.6 Å². The zero-order valence-electron chi connectivity index (χ0n) is 6.40. The molecule has 0 aromatic heterocycles. The van der Waals surface area contributed by atoms with Gasteiger partial charge in [0.05, 0.1) is 0 Å². The third-order valence-corrected chi connectivity index (χ3v) is 1.86. The van der Waals surface area contributed by atoms with E-state index in [2.05, 4.69) is 21.2 Å². The van der Waals surface area contributed by atoms with Crippen LogP contribution in [0.4, 0.5) is 5.69 Å². The Labute approximate surface area is 84.0 Å². The first kappa shape index (κ1) is 9.55. The van der Waals surface area contributed by atoms with Crippen molar-refractivity contribution in [3.63, 3.8) is 0 Å². The van der Waals surface area contributed by atoms with Gasteiger partial charge in [0.2, 0.25) is 5.91 Å². The van der Waals surface area contributed by atoms with E-state index < -0.39 is 0 Å². The Kier molecular flexibility index (Phi) is 3.12. The van der Waals surface area contributed by atoms with Gasteiger partial charge < -0.3 is 5.32 Å². The second-order valence-corrected chi connectivity index (χ2v) is 3.69. The van der Waals surface area contributed by atoms with Crippen molar-refractivity contribution in [3.05, 3.63) is 27.7 Å². The molecule has 0 atom stereocenters. The number of carbonyl (C=O) groups excluding carboxylic acids is 1. The SMILES string of the molecule is CC(=O)Nc1cc(Cl)cc(Br)c1. The van der Waals surface area contributed by atoms with E-state index in [-0.39, 0.29) is 5.91 Å². The molecule has 12 heavy (non-hydrogen) atoms. The van der Waals surface area contributed by atoms with Gasteiger partial charge in [0.25, 0.3) is 0 Å². The maximum atomic E-state index is 10.7. The Hall–Kier alpha value is -0.540. The molecular weight excluding hydrogens is 241 g/mol. The van der Waals surface area contributed by atoms with Gasteiger partial charge in [-0.2, -0.15) is 0 Å². The lowest BCUT2D eigenvalue weighted by Crippen LogP contribution is -2.05. The number of carbonyl (C=O) groups is 1. The van der Waals surface area contributed by atoms with Crippen LogP contribution >= 0.6 is 27.5 Å². The zero-order valence-corrected chi connectivity index (χ0v) is 8.74. The summed E-state index contributed by atoms with van der Waals surface area (Å²) in [4.78, 5) is 10.7. The van der Waals surface area contributed by atoms with Crippen molar-refractivity contribution >= 4 is 39.1 Å². The molecule has 0 radical (unpaired) electrons. The Morgan fingerprint density at radius 1 is 1.50 bits per heavy atom. The van der Waals surface area contributed by atoms with E-state index in [0.29, 0.717) is 10.7 Å². The molecule has 0 aliphatic heterocycles. The van der Waals surface area contributed by atoms with Gasteiger partial charge >= 0.3 is 0 Å². The largest absolute Gasteiger partial charge is 0.326 e. The van der Waals surface area contributed by atoms with Crippen LogP contribution in [0.1, 0.15) is 6.92 Å². The van der Waals surface area contributed by atoms with E-state index in [9.17, 15) is 4.79 Å². The summed E-state index contributed by atoms with van der Waals surface area (Å²) in [6.07, 6.45) is 0. The van der Waals surface area contributed by atoms with Crippen LogP contribution in [0.5, 0.6) is 0 Å². The minimum absolute atomic E-state index is 0.107. The molecule has 0 aliphatic rings. The van der Waals surface area contributed by atoms with Crippen LogP contribution in [0.3, 0.4) is 0 Å². The highest BCUT2D eigenvalue weighted by Crippen LogP contribution is 2.22. The van der Waals surface area contributed by atoms with Gasteiger partial charge in [-0.1, -0.05) is 27.5 Å². The third kappa shape index (κ3) is 2.83. The van der Waals surface area contributed by atoms with Crippen molar-refractivity contribution in [2.75, 3.05) is 5.32 Å². The number of halogens is 2. The minimum atomic E-state index is -0.107. The summed E-state index contributed by atoms with van der Waals surface area (Å²) < 4.78 is 0.846. The number of hydrogen-bond donors (Lipinski definition) is 1. The van der Waals surface area contributed by atoms with Crippen molar-refractivity contribution in [3.8, 4) is 0 Å². The number of anilines is 1. The summed E-state index contributed by atoms with van der Waals surface area (Å²) in [7, 11) is 0. The topological polar surface area (TPSA) is 29.1 Å². The van der Waals surface area contributed by atoms with E-state index in [1.54, 1.807) is 18.2 Å². The normalized spacial score (nSPS) is 9.58. The first-order valence-electron chi connectivity index (χ1n) is 3.31. The first-order chi connectivity index (χ1) is 5.58. The molecule has 1 aromatic carbocycles. The van der Waals surface area contributed by atoms with Crippen LogP contribution in [0.2, 0.25) is 5.02 Å². The molecule has 64 valence electrons. The molecule has 1 N–H and O–H groups in total. The van der Waals surface area contributed by atoms with Crippen molar-refractivity contribution in [2.45, 2.75) is 6.92 Å². The molecule has 0 saturated carbocycles. The molecule has 0 heterocycles. The van der Waals surface area contributed by atoms with Crippen molar-refractivity contribution in [2.24, 2.45) is 0 Å². The molecule has 1 aromatic rings. The summed E-state index contributed by atoms with van der Waals surface area (Å²) in [6.45, 7) is 1.45. The smallest absolute Gasteiger partial charge is 0.221 e. The molecule has 0 bridgehead atoms. The quantitative estimate of drug-likeness (QED) is 0.813. The Morgan fingerprint density at radius 3 is 2.67 bits per heavy atom.